The average molecular weight is 314 g/mol. The Morgan fingerprint density at radius 3 is 2.54 bits per heavy atom. The molecule has 1 heterocycles. The van der Waals surface area contributed by atoms with Crippen LogP contribution in [0.5, 0.6) is 0 Å². The summed E-state index contributed by atoms with van der Waals surface area (Å²) in [7, 11) is 0. The van der Waals surface area contributed by atoms with E-state index in [1.165, 1.54) is 5.56 Å². The molecule has 0 fully saturated rings. The van der Waals surface area contributed by atoms with Crippen LogP contribution >= 0.6 is 0 Å². The SMILES string of the molecule is O=c1ccc2nc3ccccc3n(CCCc3ccccc3)c-2c1. The second-order valence-corrected chi connectivity index (χ2v) is 5.99. The number of hydrogen-bond acceptors (Lipinski definition) is 2. The van der Waals surface area contributed by atoms with Gasteiger partial charge in [0.25, 0.3) is 0 Å². The van der Waals surface area contributed by atoms with E-state index in [-0.39, 0.29) is 5.43 Å². The lowest BCUT2D eigenvalue weighted by Crippen LogP contribution is -2.11. The summed E-state index contributed by atoms with van der Waals surface area (Å²) in [6.07, 6.45) is 2.03. The van der Waals surface area contributed by atoms with Crippen molar-refractivity contribution in [3.8, 4) is 11.4 Å². The third-order valence-corrected chi connectivity index (χ3v) is 4.34. The number of para-hydroxylation sites is 2. The van der Waals surface area contributed by atoms with Crippen molar-refractivity contribution in [3.05, 3.63) is 88.6 Å². The first-order valence-electron chi connectivity index (χ1n) is 8.24. The summed E-state index contributed by atoms with van der Waals surface area (Å²) >= 11 is 0. The third kappa shape index (κ3) is 2.81. The van der Waals surface area contributed by atoms with Gasteiger partial charge >= 0.3 is 0 Å². The Balaban J connectivity index is 1.74. The van der Waals surface area contributed by atoms with Gasteiger partial charge in [0.2, 0.25) is 0 Å². The molecule has 0 radical (unpaired) electrons. The van der Waals surface area contributed by atoms with Crippen molar-refractivity contribution in [2.24, 2.45) is 0 Å². The number of benzene rings is 3. The lowest BCUT2D eigenvalue weighted by molar-refractivity contribution is 0.660. The molecule has 0 saturated heterocycles. The molecule has 4 rings (SSSR count). The highest BCUT2D eigenvalue weighted by Crippen LogP contribution is 2.24. The summed E-state index contributed by atoms with van der Waals surface area (Å²) in [6, 6.07) is 23.7. The molecule has 2 aromatic carbocycles. The molecule has 0 N–H and O–H groups in total. The van der Waals surface area contributed by atoms with Crippen LogP contribution in [0.4, 0.5) is 0 Å². The van der Waals surface area contributed by atoms with Crippen LogP contribution in [0.2, 0.25) is 0 Å². The summed E-state index contributed by atoms with van der Waals surface area (Å²) in [5, 5.41) is 0. The maximum atomic E-state index is 11.8. The topological polar surface area (TPSA) is 34.9 Å². The number of fused-ring (bicyclic) bond motifs is 2. The van der Waals surface area contributed by atoms with Crippen molar-refractivity contribution in [1.82, 2.24) is 9.55 Å². The van der Waals surface area contributed by atoms with Crippen molar-refractivity contribution in [3.63, 3.8) is 0 Å². The molecule has 0 saturated carbocycles. The Labute approximate surface area is 140 Å². The minimum absolute atomic E-state index is 0.0244. The number of hydrogen-bond donors (Lipinski definition) is 0. The molecule has 118 valence electrons. The first kappa shape index (κ1) is 14.6. The van der Waals surface area contributed by atoms with Crippen molar-refractivity contribution in [2.75, 3.05) is 0 Å². The van der Waals surface area contributed by atoms with Gasteiger partial charge in [0, 0.05) is 12.6 Å². The van der Waals surface area contributed by atoms with Crippen molar-refractivity contribution in [2.45, 2.75) is 19.4 Å². The third-order valence-electron chi connectivity index (χ3n) is 4.34. The Bertz CT molecular complexity index is 1000. The van der Waals surface area contributed by atoms with E-state index in [0.717, 1.165) is 41.8 Å². The van der Waals surface area contributed by atoms with Gasteiger partial charge in [-0.1, -0.05) is 42.5 Å². The van der Waals surface area contributed by atoms with Gasteiger partial charge in [-0.15, -0.1) is 0 Å². The van der Waals surface area contributed by atoms with Crippen molar-refractivity contribution in [1.29, 1.82) is 0 Å². The quantitative estimate of drug-likeness (QED) is 0.531. The summed E-state index contributed by atoms with van der Waals surface area (Å²) in [5.41, 5.74) is 5.18. The van der Waals surface area contributed by atoms with E-state index in [2.05, 4.69) is 39.9 Å². The summed E-state index contributed by atoms with van der Waals surface area (Å²) in [5.74, 6) is 0. The average Bonchev–Trinajstić information content (AvgIpc) is 2.62. The molecule has 1 aliphatic carbocycles. The van der Waals surface area contributed by atoms with Gasteiger partial charge in [-0.2, -0.15) is 0 Å². The van der Waals surface area contributed by atoms with E-state index in [1.807, 2.05) is 30.3 Å². The van der Waals surface area contributed by atoms with Crippen LogP contribution < -0.4 is 5.43 Å². The zero-order valence-corrected chi connectivity index (χ0v) is 13.4. The van der Waals surface area contributed by atoms with Gasteiger partial charge in [-0.3, -0.25) is 4.79 Å². The molecule has 24 heavy (non-hydrogen) atoms. The van der Waals surface area contributed by atoms with Gasteiger partial charge in [0.1, 0.15) is 0 Å². The molecule has 0 atom stereocenters. The molecule has 2 aromatic rings. The fraction of sp³-hybridized carbons (Fsp3) is 0.143. The number of nitrogens with zero attached hydrogens (tertiary/aromatic N) is 2. The summed E-state index contributed by atoms with van der Waals surface area (Å²) < 4.78 is 2.22. The predicted molar refractivity (Wildman–Crippen MR) is 97.4 cm³/mol. The smallest absolute Gasteiger partial charge is 0.180 e. The lowest BCUT2D eigenvalue weighted by Gasteiger charge is -2.18. The fourth-order valence-electron chi connectivity index (χ4n) is 3.19. The largest absolute Gasteiger partial charge is 0.338 e. The van der Waals surface area contributed by atoms with Crippen LogP contribution in [0.1, 0.15) is 12.0 Å². The lowest BCUT2D eigenvalue weighted by atomic mass is 10.1. The Kier molecular flexibility index (Phi) is 3.83. The fourth-order valence-corrected chi connectivity index (χ4v) is 3.19. The molecule has 3 heteroatoms. The zero-order valence-electron chi connectivity index (χ0n) is 13.4. The first-order valence-corrected chi connectivity index (χ1v) is 8.24. The molecule has 0 bridgehead atoms. The summed E-state index contributed by atoms with van der Waals surface area (Å²) in [4.78, 5) is 16.5. The maximum absolute atomic E-state index is 11.8. The highest BCUT2D eigenvalue weighted by atomic mass is 16.1. The zero-order chi connectivity index (χ0) is 16.4. The maximum Gasteiger partial charge on any atom is 0.180 e. The van der Waals surface area contributed by atoms with Gasteiger partial charge in [-0.05, 0) is 42.7 Å². The standard InChI is InChI=1S/C21H18N2O/c24-17-12-13-19-21(15-17)23(20-11-5-4-10-18(20)22-19)14-6-9-16-7-2-1-3-8-16/h1-5,7-8,10-13,15H,6,9,14H2. The molecule has 0 amide bonds. The van der Waals surface area contributed by atoms with E-state index in [0.29, 0.717) is 0 Å². The molecular formula is C21H18N2O. The van der Waals surface area contributed by atoms with Crippen molar-refractivity contribution >= 4 is 11.0 Å². The van der Waals surface area contributed by atoms with E-state index in [1.54, 1.807) is 12.1 Å². The molecule has 1 aliphatic heterocycles. The first-order chi connectivity index (χ1) is 11.8. The monoisotopic (exact) mass is 314 g/mol. The Morgan fingerprint density at radius 1 is 0.875 bits per heavy atom. The second kappa shape index (κ2) is 6.28. The van der Waals surface area contributed by atoms with Gasteiger partial charge in [0.05, 0.1) is 22.4 Å². The molecule has 0 unspecified atom stereocenters. The Morgan fingerprint density at radius 2 is 1.67 bits per heavy atom. The number of aromatic nitrogens is 2. The van der Waals surface area contributed by atoms with Crippen LogP contribution in [0.25, 0.3) is 22.4 Å². The highest BCUT2D eigenvalue weighted by molar-refractivity contribution is 5.80. The van der Waals surface area contributed by atoms with Crippen LogP contribution in [-0.4, -0.2) is 9.55 Å². The Hall–Kier alpha value is -2.94. The van der Waals surface area contributed by atoms with E-state index in [9.17, 15) is 4.79 Å². The van der Waals surface area contributed by atoms with Crippen LogP contribution in [0.15, 0.2) is 77.6 Å². The van der Waals surface area contributed by atoms with Crippen LogP contribution in [-0.2, 0) is 13.0 Å². The molecular weight excluding hydrogens is 296 g/mol. The number of aryl methyl sites for hydroxylation is 2. The van der Waals surface area contributed by atoms with Crippen LogP contribution in [0.3, 0.4) is 0 Å². The van der Waals surface area contributed by atoms with E-state index >= 15 is 0 Å². The minimum Gasteiger partial charge on any atom is -0.338 e. The van der Waals surface area contributed by atoms with Crippen molar-refractivity contribution < 1.29 is 0 Å². The van der Waals surface area contributed by atoms with Gasteiger partial charge < -0.3 is 4.57 Å². The highest BCUT2D eigenvalue weighted by Gasteiger charge is 2.12. The summed E-state index contributed by atoms with van der Waals surface area (Å²) in [6.45, 7) is 0.859. The minimum atomic E-state index is 0.0244. The number of rotatable bonds is 4. The van der Waals surface area contributed by atoms with Gasteiger partial charge in [-0.25, -0.2) is 4.98 Å². The normalized spacial score (nSPS) is 11.2. The van der Waals surface area contributed by atoms with Crippen LogP contribution in [0, 0.1) is 0 Å². The second-order valence-electron chi connectivity index (χ2n) is 5.99. The molecule has 3 nitrogen and oxygen atoms in total. The molecule has 0 spiro atoms. The molecule has 0 aromatic heterocycles. The van der Waals surface area contributed by atoms with E-state index in [4.69, 9.17) is 0 Å². The predicted octanol–water partition coefficient (Wildman–Crippen LogP) is 4.13. The molecule has 2 aliphatic rings. The van der Waals surface area contributed by atoms with E-state index < -0.39 is 0 Å². The van der Waals surface area contributed by atoms with Gasteiger partial charge in [0.15, 0.2) is 5.43 Å².